The quantitative estimate of drug-likeness (QED) is 0.413. The van der Waals surface area contributed by atoms with Gasteiger partial charge in [-0.15, -0.1) is 0 Å². The molecule has 6 nitrogen and oxygen atoms in total. The van der Waals surface area contributed by atoms with Crippen LogP contribution in [0.1, 0.15) is 21.5 Å². The Labute approximate surface area is 211 Å². The van der Waals surface area contributed by atoms with Crippen molar-refractivity contribution in [1.82, 2.24) is 10.2 Å². The van der Waals surface area contributed by atoms with E-state index in [-0.39, 0.29) is 16.9 Å². The summed E-state index contributed by atoms with van der Waals surface area (Å²) in [7, 11) is 0. The van der Waals surface area contributed by atoms with Gasteiger partial charge in [-0.3, -0.25) is 14.9 Å². The summed E-state index contributed by atoms with van der Waals surface area (Å²) < 4.78 is 0. The molecule has 1 heterocycles. The molecule has 0 bridgehead atoms. The van der Waals surface area contributed by atoms with Crippen molar-refractivity contribution in [3.63, 3.8) is 0 Å². The Morgan fingerprint density at radius 3 is 2.17 bits per heavy atom. The van der Waals surface area contributed by atoms with Crippen LogP contribution < -0.4 is 15.5 Å². The van der Waals surface area contributed by atoms with Crippen molar-refractivity contribution in [3.8, 4) is 0 Å². The Hall–Kier alpha value is -3.97. The highest BCUT2D eigenvalue weighted by molar-refractivity contribution is 7.80. The number of amides is 2. The average Bonchev–Trinajstić information content (AvgIpc) is 2.89. The second-order valence-corrected chi connectivity index (χ2v) is 8.79. The summed E-state index contributed by atoms with van der Waals surface area (Å²) in [4.78, 5) is 29.0. The highest BCUT2D eigenvalue weighted by Gasteiger charge is 2.22. The second kappa shape index (κ2) is 11.4. The van der Waals surface area contributed by atoms with Crippen LogP contribution in [-0.4, -0.2) is 48.0 Å². The Balaban J connectivity index is 1.25. The van der Waals surface area contributed by atoms with Gasteiger partial charge in [0.15, 0.2) is 5.11 Å². The smallest absolute Gasteiger partial charge is 0.253 e. The van der Waals surface area contributed by atoms with Crippen LogP contribution in [0.5, 0.6) is 0 Å². The van der Waals surface area contributed by atoms with E-state index in [4.69, 9.17) is 12.2 Å². The number of piperazine rings is 1. The minimum atomic E-state index is -0.291. The number of thiocarbonyl (C=S) groups is 1. The SMILES string of the molecule is Cc1ccc(C(=O)N2CCN(c3ccc(NC(=S)NC(=O)C=Cc4ccccc4)cc3)CC2)cc1. The topological polar surface area (TPSA) is 64.7 Å². The highest BCUT2D eigenvalue weighted by atomic mass is 32.1. The van der Waals surface area contributed by atoms with E-state index in [0.717, 1.165) is 41.2 Å². The minimum absolute atomic E-state index is 0.0818. The van der Waals surface area contributed by atoms with Crippen molar-refractivity contribution in [2.75, 3.05) is 36.4 Å². The van der Waals surface area contributed by atoms with E-state index < -0.39 is 0 Å². The van der Waals surface area contributed by atoms with Crippen molar-refractivity contribution in [1.29, 1.82) is 0 Å². The maximum atomic E-state index is 12.7. The van der Waals surface area contributed by atoms with Gasteiger partial charge in [-0.1, -0.05) is 48.0 Å². The second-order valence-electron chi connectivity index (χ2n) is 8.38. The van der Waals surface area contributed by atoms with Gasteiger partial charge in [0.05, 0.1) is 0 Å². The number of nitrogens with zero attached hydrogens (tertiary/aromatic N) is 2. The summed E-state index contributed by atoms with van der Waals surface area (Å²) in [5, 5.41) is 5.93. The summed E-state index contributed by atoms with van der Waals surface area (Å²) in [5.74, 6) is -0.209. The molecule has 0 aliphatic carbocycles. The molecular weight excluding hydrogens is 456 g/mol. The molecule has 4 rings (SSSR count). The predicted octanol–water partition coefficient (Wildman–Crippen LogP) is 4.48. The number of aryl methyl sites for hydroxylation is 1. The number of carbonyl (C=O) groups is 2. The first-order valence-corrected chi connectivity index (χ1v) is 11.9. The maximum absolute atomic E-state index is 12.7. The Morgan fingerprint density at radius 2 is 1.51 bits per heavy atom. The van der Waals surface area contributed by atoms with Gasteiger partial charge in [-0.25, -0.2) is 0 Å². The molecule has 35 heavy (non-hydrogen) atoms. The Bertz CT molecular complexity index is 1200. The van der Waals surface area contributed by atoms with Gasteiger partial charge in [0, 0.05) is 49.2 Å². The van der Waals surface area contributed by atoms with Gasteiger partial charge in [0.25, 0.3) is 5.91 Å². The maximum Gasteiger partial charge on any atom is 0.253 e. The number of nitrogens with one attached hydrogen (secondary N) is 2. The third-order valence-electron chi connectivity index (χ3n) is 5.82. The molecule has 1 aliphatic rings. The lowest BCUT2D eigenvalue weighted by Gasteiger charge is -2.36. The van der Waals surface area contributed by atoms with E-state index in [1.165, 1.54) is 6.08 Å². The lowest BCUT2D eigenvalue weighted by molar-refractivity contribution is -0.115. The summed E-state index contributed by atoms with van der Waals surface area (Å²) in [6.07, 6.45) is 3.19. The molecular formula is C28H28N4O2S. The van der Waals surface area contributed by atoms with Crippen molar-refractivity contribution in [2.45, 2.75) is 6.92 Å². The zero-order valence-electron chi connectivity index (χ0n) is 19.6. The molecule has 1 aliphatic heterocycles. The van der Waals surface area contributed by atoms with Crippen LogP contribution in [0.15, 0.2) is 84.9 Å². The summed E-state index contributed by atoms with van der Waals surface area (Å²) in [6, 6.07) is 25.2. The monoisotopic (exact) mass is 484 g/mol. The fourth-order valence-electron chi connectivity index (χ4n) is 3.85. The molecule has 2 N–H and O–H groups in total. The van der Waals surface area contributed by atoms with Crippen LogP contribution >= 0.6 is 12.2 Å². The van der Waals surface area contributed by atoms with Crippen LogP contribution in [0.3, 0.4) is 0 Å². The molecule has 0 unspecified atom stereocenters. The molecule has 0 saturated carbocycles. The number of benzene rings is 3. The summed E-state index contributed by atoms with van der Waals surface area (Å²) >= 11 is 5.26. The Morgan fingerprint density at radius 1 is 0.857 bits per heavy atom. The first-order chi connectivity index (χ1) is 17.0. The predicted molar refractivity (Wildman–Crippen MR) is 146 cm³/mol. The lowest BCUT2D eigenvalue weighted by Crippen LogP contribution is -2.48. The molecule has 3 aromatic rings. The van der Waals surface area contributed by atoms with Gasteiger partial charge in [-0.2, -0.15) is 0 Å². The molecule has 178 valence electrons. The van der Waals surface area contributed by atoms with Crippen molar-refractivity contribution in [3.05, 3.63) is 102 Å². The van der Waals surface area contributed by atoms with Crippen LogP contribution in [-0.2, 0) is 4.79 Å². The molecule has 0 spiro atoms. The van der Waals surface area contributed by atoms with Gasteiger partial charge in [0.1, 0.15) is 0 Å². The fraction of sp³-hybridized carbons (Fsp3) is 0.179. The normalized spacial score (nSPS) is 13.5. The van der Waals surface area contributed by atoms with Gasteiger partial charge < -0.3 is 15.1 Å². The zero-order valence-corrected chi connectivity index (χ0v) is 20.4. The largest absolute Gasteiger partial charge is 0.368 e. The molecule has 0 radical (unpaired) electrons. The lowest BCUT2D eigenvalue weighted by atomic mass is 10.1. The third kappa shape index (κ3) is 6.77. The average molecular weight is 485 g/mol. The molecule has 7 heteroatoms. The van der Waals surface area contributed by atoms with Gasteiger partial charge in [0.2, 0.25) is 5.91 Å². The Kier molecular flexibility index (Phi) is 7.90. The van der Waals surface area contributed by atoms with E-state index in [1.807, 2.05) is 90.7 Å². The van der Waals surface area contributed by atoms with E-state index in [1.54, 1.807) is 6.08 Å². The summed E-state index contributed by atoms with van der Waals surface area (Å²) in [6.45, 7) is 4.92. The highest BCUT2D eigenvalue weighted by Crippen LogP contribution is 2.20. The standard InChI is InChI=1S/C28H28N4O2S/c1-21-7-10-23(11-8-21)27(34)32-19-17-31(18-20-32)25-14-12-24(13-15-25)29-28(35)30-26(33)16-9-22-5-3-2-4-6-22/h2-16H,17-20H2,1H3,(H2,29,30,33,35). The number of hydrogen-bond donors (Lipinski definition) is 2. The number of hydrogen-bond acceptors (Lipinski definition) is 4. The minimum Gasteiger partial charge on any atom is -0.368 e. The molecule has 0 aromatic heterocycles. The first-order valence-electron chi connectivity index (χ1n) is 11.5. The van der Waals surface area contributed by atoms with Crippen LogP contribution in [0.2, 0.25) is 0 Å². The molecule has 2 amide bonds. The molecule has 0 atom stereocenters. The van der Waals surface area contributed by atoms with Crippen molar-refractivity contribution < 1.29 is 9.59 Å². The molecule has 1 fully saturated rings. The molecule has 3 aromatic carbocycles. The summed E-state index contributed by atoms with van der Waals surface area (Å²) in [5.41, 5.74) is 4.70. The number of anilines is 2. The van der Waals surface area contributed by atoms with Crippen molar-refractivity contribution >= 4 is 46.6 Å². The van der Waals surface area contributed by atoms with E-state index >= 15 is 0 Å². The van der Waals surface area contributed by atoms with Gasteiger partial charge in [-0.05, 0) is 67.2 Å². The van der Waals surface area contributed by atoms with Crippen molar-refractivity contribution in [2.24, 2.45) is 0 Å². The van der Waals surface area contributed by atoms with E-state index in [2.05, 4.69) is 15.5 Å². The van der Waals surface area contributed by atoms with Gasteiger partial charge >= 0.3 is 0 Å². The third-order valence-corrected chi connectivity index (χ3v) is 6.02. The van der Waals surface area contributed by atoms with E-state index in [9.17, 15) is 9.59 Å². The van der Waals surface area contributed by atoms with E-state index in [0.29, 0.717) is 13.1 Å². The first kappa shape index (κ1) is 24.2. The van der Waals surface area contributed by atoms with Crippen LogP contribution in [0.25, 0.3) is 6.08 Å². The zero-order chi connectivity index (χ0) is 24.6. The van der Waals surface area contributed by atoms with Crippen LogP contribution in [0.4, 0.5) is 11.4 Å². The number of rotatable bonds is 5. The molecule has 1 saturated heterocycles. The van der Waals surface area contributed by atoms with Crippen LogP contribution in [0, 0.1) is 6.92 Å². The fourth-order valence-corrected chi connectivity index (χ4v) is 4.07. The number of carbonyl (C=O) groups excluding carboxylic acids is 2.